The fraction of sp³-hybridized carbons (Fsp3) is 0.389. The molecule has 1 saturated carbocycles. The van der Waals surface area contributed by atoms with Crippen LogP contribution in [-0.4, -0.2) is 28.0 Å². The molecule has 126 valence electrons. The van der Waals surface area contributed by atoms with Crippen LogP contribution in [0, 0.1) is 12.8 Å². The van der Waals surface area contributed by atoms with Crippen LogP contribution in [-0.2, 0) is 4.79 Å². The Morgan fingerprint density at radius 1 is 1.17 bits per heavy atom. The first-order chi connectivity index (χ1) is 11.5. The van der Waals surface area contributed by atoms with Crippen molar-refractivity contribution in [3.8, 4) is 11.3 Å². The van der Waals surface area contributed by atoms with Crippen LogP contribution in [0.25, 0.3) is 11.3 Å². The minimum absolute atomic E-state index is 0.0179. The summed E-state index contributed by atoms with van der Waals surface area (Å²) >= 11 is 0. The summed E-state index contributed by atoms with van der Waals surface area (Å²) < 4.78 is 5.40. The van der Waals surface area contributed by atoms with E-state index in [1.54, 1.807) is 0 Å². The van der Waals surface area contributed by atoms with Gasteiger partial charge in [-0.1, -0.05) is 29.8 Å². The molecule has 24 heavy (non-hydrogen) atoms. The Bertz CT molecular complexity index is 728. The second-order valence-electron chi connectivity index (χ2n) is 6.26. The Morgan fingerprint density at radius 2 is 1.83 bits per heavy atom. The van der Waals surface area contributed by atoms with Crippen LogP contribution < -0.4 is 5.32 Å². The van der Waals surface area contributed by atoms with Crippen molar-refractivity contribution in [3.63, 3.8) is 0 Å². The van der Waals surface area contributed by atoms with Crippen LogP contribution in [0.5, 0.6) is 0 Å². The van der Waals surface area contributed by atoms with Gasteiger partial charge in [0, 0.05) is 11.6 Å². The molecule has 0 unspecified atom stereocenters. The van der Waals surface area contributed by atoms with E-state index in [1.165, 1.54) is 6.39 Å². The average Bonchev–Trinajstić information content (AvgIpc) is 3.06. The van der Waals surface area contributed by atoms with Crippen LogP contribution in [0.2, 0.25) is 0 Å². The number of carbonyl (C=O) groups is 2. The van der Waals surface area contributed by atoms with Crippen molar-refractivity contribution < 1.29 is 19.1 Å². The number of aromatic nitrogens is 1. The summed E-state index contributed by atoms with van der Waals surface area (Å²) in [5.41, 5.74) is 2.19. The standard InChI is InChI=1S/C18H20N2O4/c1-11-2-4-12(5-3-11)16-15(19-10-24-16)17(21)20-14-8-6-13(7-9-14)18(22)23/h2-5,10,13-14H,6-9H2,1H3,(H,20,21)(H,22,23). The van der Waals surface area contributed by atoms with Gasteiger partial charge in [0.15, 0.2) is 17.8 Å². The summed E-state index contributed by atoms with van der Waals surface area (Å²) in [6.07, 6.45) is 3.78. The fourth-order valence-electron chi connectivity index (χ4n) is 3.06. The zero-order valence-corrected chi connectivity index (χ0v) is 13.5. The van der Waals surface area contributed by atoms with Crippen LogP contribution in [0.4, 0.5) is 0 Å². The number of nitrogens with zero attached hydrogens (tertiary/aromatic N) is 1. The van der Waals surface area contributed by atoms with Gasteiger partial charge < -0.3 is 14.8 Å². The number of hydrogen-bond acceptors (Lipinski definition) is 4. The van der Waals surface area contributed by atoms with Crippen molar-refractivity contribution in [2.75, 3.05) is 0 Å². The van der Waals surface area contributed by atoms with Gasteiger partial charge >= 0.3 is 5.97 Å². The summed E-state index contributed by atoms with van der Waals surface area (Å²) in [6, 6.07) is 7.67. The van der Waals surface area contributed by atoms with E-state index in [2.05, 4.69) is 10.3 Å². The molecule has 2 aromatic rings. The number of carboxylic acids is 1. The van der Waals surface area contributed by atoms with Gasteiger partial charge in [-0.05, 0) is 32.6 Å². The molecule has 1 aromatic heterocycles. The number of benzene rings is 1. The summed E-state index contributed by atoms with van der Waals surface area (Å²) in [5.74, 6) is -0.879. The maximum atomic E-state index is 12.5. The summed E-state index contributed by atoms with van der Waals surface area (Å²) in [4.78, 5) is 27.5. The predicted octanol–water partition coefficient (Wildman–Crippen LogP) is 3.02. The lowest BCUT2D eigenvalue weighted by Crippen LogP contribution is -2.39. The van der Waals surface area contributed by atoms with Crippen LogP contribution in [0.15, 0.2) is 35.1 Å². The van der Waals surface area contributed by atoms with Gasteiger partial charge in [0.05, 0.1) is 5.92 Å². The smallest absolute Gasteiger partial charge is 0.306 e. The van der Waals surface area contributed by atoms with Gasteiger partial charge in [0.25, 0.3) is 5.91 Å². The average molecular weight is 328 g/mol. The van der Waals surface area contributed by atoms with Crippen molar-refractivity contribution in [1.82, 2.24) is 10.3 Å². The molecule has 0 atom stereocenters. The third-order valence-corrected chi connectivity index (χ3v) is 4.51. The Morgan fingerprint density at radius 3 is 2.46 bits per heavy atom. The van der Waals surface area contributed by atoms with E-state index in [1.807, 2.05) is 31.2 Å². The lowest BCUT2D eigenvalue weighted by Gasteiger charge is -2.26. The Labute approximate surface area is 139 Å². The molecule has 1 aliphatic carbocycles. The number of carboxylic acid groups (broad SMARTS) is 1. The molecule has 0 spiro atoms. The Kier molecular flexibility index (Phi) is 4.64. The maximum absolute atomic E-state index is 12.5. The zero-order chi connectivity index (χ0) is 17.1. The van der Waals surface area contributed by atoms with Gasteiger partial charge in [0.2, 0.25) is 0 Å². The lowest BCUT2D eigenvalue weighted by molar-refractivity contribution is -0.142. The van der Waals surface area contributed by atoms with Crippen molar-refractivity contribution in [2.24, 2.45) is 5.92 Å². The molecule has 1 heterocycles. The number of carbonyl (C=O) groups excluding carboxylic acids is 1. The third kappa shape index (κ3) is 3.48. The number of aryl methyl sites for hydroxylation is 1. The molecule has 0 aliphatic heterocycles. The molecule has 6 nitrogen and oxygen atoms in total. The minimum Gasteiger partial charge on any atom is -0.481 e. The molecule has 3 rings (SSSR count). The highest BCUT2D eigenvalue weighted by molar-refractivity contribution is 5.97. The molecule has 0 radical (unpaired) electrons. The number of hydrogen-bond donors (Lipinski definition) is 2. The lowest BCUT2D eigenvalue weighted by atomic mass is 9.86. The van der Waals surface area contributed by atoms with E-state index in [-0.39, 0.29) is 23.6 Å². The van der Waals surface area contributed by atoms with Crippen molar-refractivity contribution in [2.45, 2.75) is 38.6 Å². The second kappa shape index (κ2) is 6.86. The highest BCUT2D eigenvalue weighted by Gasteiger charge is 2.28. The molecule has 0 saturated heterocycles. The molecule has 2 N–H and O–H groups in total. The van der Waals surface area contributed by atoms with Gasteiger partial charge in [0.1, 0.15) is 0 Å². The van der Waals surface area contributed by atoms with Crippen molar-refractivity contribution in [1.29, 1.82) is 0 Å². The number of aliphatic carboxylic acids is 1. The highest BCUT2D eigenvalue weighted by atomic mass is 16.4. The van der Waals surface area contributed by atoms with Crippen molar-refractivity contribution >= 4 is 11.9 Å². The Hall–Kier alpha value is -2.63. The topological polar surface area (TPSA) is 92.4 Å². The van der Waals surface area contributed by atoms with E-state index in [9.17, 15) is 9.59 Å². The normalized spacial score (nSPS) is 20.5. The highest BCUT2D eigenvalue weighted by Crippen LogP contribution is 2.26. The van der Waals surface area contributed by atoms with E-state index < -0.39 is 5.97 Å². The molecular formula is C18H20N2O4. The van der Waals surface area contributed by atoms with E-state index in [0.717, 1.165) is 11.1 Å². The molecule has 6 heteroatoms. The largest absolute Gasteiger partial charge is 0.481 e. The van der Waals surface area contributed by atoms with E-state index in [0.29, 0.717) is 31.4 Å². The maximum Gasteiger partial charge on any atom is 0.306 e. The predicted molar refractivity (Wildman–Crippen MR) is 87.5 cm³/mol. The van der Waals surface area contributed by atoms with E-state index >= 15 is 0 Å². The molecule has 1 aliphatic rings. The number of amides is 1. The van der Waals surface area contributed by atoms with Crippen LogP contribution >= 0.6 is 0 Å². The Balaban J connectivity index is 1.67. The van der Waals surface area contributed by atoms with Crippen molar-refractivity contribution in [3.05, 3.63) is 41.9 Å². The number of oxazole rings is 1. The van der Waals surface area contributed by atoms with Gasteiger partial charge in [-0.3, -0.25) is 9.59 Å². The molecular weight excluding hydrogens is 308 g/mol. The summed E-state index contributed by atoms with van der Waals surface area (Å²) in [6.45, 7) is 1.99. The number of rotatable bonds is 4. The SMILES string of the molecule is Cc1ccc(-c2ocnc2C(=O)NC2CCC(C(=O)O)CC2)cc1. The molecule has 0 bridgehead atoms. The first-order valence-corrected chi connectivity index (χ1v) is 8.09. The summed E-state index contributed by atoms with van der Waals surface area (Å²) in [5, 5.41) is 12.0. The minimum atomic E-state index is -0.752. The molecule has 1 amide bonds. The first-order valence-electron chi connectivity index (χ1n) is 8.09. The zero-order valence-electron chi connectivity index (χ0n) is 13.5. The monoisotopic (exact) mass is 328 g/mol. The third-order valence-electron chi connectivity index (χ3n) is 4.51. The molecule has 1 fully saturated rings. The van der Waals surface area contributed by atoms with Crippen LogP contribution in [0.1, 0.15) is 41.7 Å². The van der Waals surface area contributed by atoms with Gasteiger partial charge in [-0.15, -0.1) is 0 Å². The van der Waals surface area contributed by atoms with Crippen LogP contribution in [0.3, 0.4) is 0 Å². The number of nitrogens with one attached hydrogen (secondary N) is 1. The summed E-state index contributed by atoms with van der Waals surface area (Å²) in [7, 11) is 0. The van der Waals surface area contributed by atoms with Gasteiger partial charge in [-0.2, -0.15) is 0 Å². The second-order valence-corrected chi connectivity index (χ2v) is 6.26. The van der Waals surface area contributed by atoms with Gasteiger partial charge in [-0.25, -0.2) is 4.98 Å². The first kappa shape index (κ1) is 16.2. The van der Waals surface area contributed by atoms with E-state index in [4.69, 9.17) is 9.52 Å². The molecule has 1 aromatic carbocycles. The fourth-order valence-corrected chi connectivity index (χ4v) is 3.06. The quantitative estimate of drug-likeness (QED) is 0.900.